The quantitative estimate of drug-likeness (QED) is 0.0276. The molecule has 0 aliphatic rings. The molecule has 0 saturated heterocycles. The number of ether oxygens (including phenoxy) is 3. The lowest BCUT2D eigenvalue weighted by molar-refractivity contribution is -0.167. The van der Waals surface area contributed by atoms with Crippen LogP contribution in [0.1, 0.15) is 175 Å². The van der Waals surface area contributed by atoms with Gasteiger partial charge in [0, 0.05) is 19.3 Å². The molecule has 1 unspecified atom stereocenters. The van der Waals surface area contributed by atoms with Gasteiger partial charge in [-0.1, -0.05) is 157 Å². The molecule has 0 aromatic carbocycles. The Kier molecular flexibility index (Phi) is 38.7. The first-order valence-corrected chi connectivity index (χ1v) is 21.1. The van der Waals surface area contributed by atoms with Gasteiger partial charge in [0.1, 0.15) is 13.2 Å². The van der Waals surface area contributed by atoms with Crippen molar-refractivity contribution in [2.24, 2.45) is 0 Å². The Labute approximate surface area is 325 Å². The van der Waals surface area contributed by atoms with E-state index in [1.54, 1.807) is 0 Å². The number of rotatable bonds is 36. The molecule has 0 radical (unpaired) electrons. The van der Waals surface area contributed by atoms with E-state index in [9.17, 15) is 14.4 Å². The summed E-state index contributed by atoms with van der Waals surface area (Å²) in [4.78, 5) is 37.4. The van der Waals surface area contributed by atoms with Gasteiger partial charge in [-0.25, -0.2) is 0 Å². The van der Waals surface area contributed by atoms with Crippen LogP contribution in [0.3, 0.4) is 0 Å². The van der Waals surface area contributed by atoms with Crippen molar-refractivity contribution >= 4 is 17.9 Å². The van der Waals surface area contributed by atoms with E-state index in [0.717, 1.165) is 122 Å². The van der Waals surface area contributed by atoms with Gasteiger partial charge in [-0.3, -0.25) is 14.4 Å². The second kappa shape index (κ2) is 41.3. The van der Waals surface area contributed by atoms with E-state index >= 15 is 0 Å². The fraction of sp³-hybridized carbons (Fsp3) is 0.638. The molecule has 0 aliphatic heterocycles. The molecule has 6 nitrogen and oxygen atoms in total. The molecule has 0 rings (SSSR count). The molecule has 0 saturated carbocycles. The van der Waals surface area contributed by atoms with Gasteiger partial charge in [0.15, 0.2) is 6.10 Å². The maximum Gasteiger partial charge on any atom is 0.306 e. The van der Waals surface area contributed by atoms with E-state index in [0.29, 0.717) is 19.3 Å². The lowest BCUT2D eigenvalue weighted by atomic mass is 10.1. The second-order valence-corrected chi connectivity index (χ2v) is 13.5. The number of unbranched alkanes of at least 4 members (excludes halogenated alkanes) is 11. The number of allylic oxidation sites excluding steroid dienone is 14. The average molecular weight is 737 g/mol. The second-order valence-electron chi connectivity index (χ2n) is 13.5. The van der Waals surface area contributed by atoms with E-state index in [-0.39, 0.29) is 37.5 Å². The molecule has 1 atom stereocenters. The number of hydrogen-bond acceptors (Lipinski definition) is 6. The molecule has 0 aliphatic carbocycles. The maximum absolute atomic E-state index is 12.6. The first-order valence-electron chi connectivity index (χ1n) is 21.1. The van der Waals surface area contributed by atoms with Crippen molar-refractivity contribution < 1.29 is 28.6 Å². The lowest BCUT2D eigenvalue weighted by Crippen LogP contribution is -2.30. The Balaban J connectivity index is 4.39. The van der Waals surface area contributed by atoms with Crippen LogP contribution in [0, 0.1) is 0 Å². The average Bonchev–Trinajstić information content (AvgIpc) is 3.15. The predicted molar refractivity (Wildman–Crippen MR) is 224 cm³/mol. The van der Waals surface area contributed by atoms with Crippen LogP contribution in [0.4, 0.5) is 0 Å². The van der Waals surface area contributed by atoms with Crippen LogP contribution >= 0.6 is 0 Å². The number of carbonyl (C=O) groups excluding carboxylic acids is 3. The highest BCUT2D eigenvalue weighted by Gasteiger charge is 2.19. The fourth-order valence-corrected chi connectivity index (χ4v) is 5.22. The van der Waals surface area contributed by atoms with Gasteiger partial charge < -0.3 is 14.2 Å². The number of carbonyl (C=O) groups is 3. The minimum Gasteiger partial charge on any atom is -0.462 e. The molecule has 0 heterocycles. The molecule has 0 bridgehead atoms. The third kappa shape index (κ3) is 39.6. The van der Waals surface area contributed by atoms with Crippen molar-refractivity contribution in [3.8, 4) is 0 Å². The SMILES string of the molecule is CC/C=C\C/C=C\C/C=C\C/C=C\C/C=C\CCCC(=O)OCC(COC(=O)CCCCCCC)OC(=O)CCCCCCC/C=C\C/C=C\CCC. The zero-order chi connectivity index (χ0) is 38.7. The first kappa shape index (κ1) is 49.6. The molecule has 0 spiro atoms. The van der Waals surface area contributed by atoms with Gasteiger partial charge >= 0.3 is 17.9 Å². The summed E-state index contributed by atoms with van der Waals surface area (Å²) in [5.41, 5.74) is 0. The summed E-state index contributed by atoms with van der Waals surface area (Å²) in [6.07, 6.45) is 51.7. The van der Waals surface area contributed by atoms with E-state index in [2.05, 4.69) is 106 Å². The molecule has 300 valence electrons. The minimum absolute atomic E-state index is 0.102. The van der Waals surface area contributed by atoms with Crippen LogP contribution in [0.25, 0.3) is 0 Å². The summed E-state index contributed by atoms with van der Waals surface area (Å²) in [5.74, 6) is -1.00. The van der Waals surface area contributed by atoms with Crippen molar-refractivity contribution in [3.05, 3.63) is 85.1 Å². The van der Waals surface area contributed by atoms with Crippen LogP contribution < -0.4 is 0 Å². The molecular weight excluding hydrogens is 661 g/mol. The van der Waals surface area contributed by atoms with E-state index in [4.69, 9.17) is 14.2 Å². The molecule has 6 heteroatoms. The monoisotopic (exact) mass is 737 g/mol. The van der Waals surface area contributed by atoms with E-state index in [1.165, 1.54) is 6.42 Å². The summed E-state index contributed by atoms with van der Waals surface area (Å²) in [6, 6.07) is 0. The zero-order valence-corrected chi connectivity index (χ0v) is 34.0. The lowest BCUT2D eigenvalue weighted by Gasteiger charge is -2.18. The Bertz CT molecular complexity index is 1080. The molecule has 0 fully saturated rings. The Hall–Kier alpha value is -3.41. The van der Waals surface area contributed by atoms with Crippen molar-refractivity contribution in [3.63, 3.8) is 0 Å². The molecule has 0 aromatic rings. The van der Waals surface area contributed by atoms with Crippen LogP contribution in [0.15, 0.2) is 85.1 Å². The fourth-order valence-electron chi connectivity index (χ4n) is 5.22. The molecular formula is C47H76O6. The van der Waals surface area contributed by atoms with Gasteiger partial charge in [-0.2, -0.15) is 0 Å². The highest BCUT2D eigenvalue weighted by Crippen LogP contribution is 2.11. The highest BCUT2D eigenvalue weighted by molar-refractivity contribution is 5.71. The molecule has 0 aromatic heterocycles. The normalized spacial score (nSPS) is 12.9. The third-order valence-electron chi connectivity index (χ3n) is 8.36. The zero-order valence-electron chi connectivity index (χ0n) is 34.0. The van der Waals surface area contributed by atoms with Crippen molar-refractivity contribution in [2.45, 2.75) is 181 Å². The Morgan fingerprint density at radius 1 is 0.396 bits per heavy atom. The molecule has 53 heavy (non-hydrogen) atoms. The van der Waals surface area contributed by atoms with E-state index < -0.39 is 6.10 Å². The smallest absolute Gasteiger partial charge is 0.306 e. The standard InChI is InChI=1S/C47H76O6/c1-4-7-10-13-15-17-19-21-22-23-24-26-27-29-31-34-37-40-46(49)52-43-44(42-51-45(48)39-36-33-12-9-6-3)53-47(50)41-38-35-32-30-28-25-20-18-16-14-11-8-5-2/h7,10-11,14-15,17-18,20-22,24,26,29,31,44H,4-6,8-9,12-13,16,19,23,25,27-28,30,32-43H2,1-3H3/b10-7-,14-11-,17-15-,20-18-,22-21-,26-24-,31-29-. The molecule has 0 amide bonds. The topological polar surface area (TPSA) is 78.9 Å². The van der Waals surface area contributed by atoms with Crippen LogP contribution in [-0.4, -0.2) is 37.2 Å². The van der Waals surface area contributed by atoms with E-state index in [1.807, 2.05) is 0 Å². The minimum atomic E-state index is -0.801. The first-order chi connectivity index (χ1) is 26.0. The Morgan fingerprint density at radius 2 is 0.792 bits per heavy atom. The molecule has 0 N–H and O–H groups in total. The number of hydrogen-bond donors (Lipinski definition) is 0. The summed E-state index contributed by atoms with van der Waals surface area (Å²) < 4.78 is 16.5. The van der Waals surface area contributed by atoms with Gasteiger partial charge in [-0.05, 0) is 83.5 Å². The van der Waals surface area contributed by atoms with Gasteiger partial charge in [0.05, 0.1) is 0 Å². The summed E-state index contributed by atoms with van der Waals surface area (Å²) >= 11 is 0. The highest BCUT2D eigenvalue weighted by atomic mass is 16.6. The van der Waals surface area contributed by atoms with Crippen molar-refractivity contribution in [1.29, 1.82) is 0 Å². The van der Waals surface area contributed by atoms with Crippen LogP contribution in [0.5, 0.6) is 0 Å². The summed E-state index contributed by atoms with van der Waals surface area (Å²) in [6.45, 7) is 6.27. The predicted octanol–water partition coefficient (Wildman–Crippen LogP) is 13.3. The maximum atomic E-state index is 12.6. The van der Waals surface area contributed by atoms with Crippen LogP contribution in [0.2, 0.25) is 0 Å². The summed E-state index contributed by atoms with van der Waals surface area (Å²) in [7, 11) is 0. The van der Waals surface area contributed by atoms with Crippen molar-refractivity contribution in [1.82, 2.24) is 0 Å². The largest absolute Gasteiger partial charge is 0.462 e. The van der Waals surface area contributed by atoms with Gasteiger partial charge in [0.2, 0.25) is 0 Å². The third-order valence-corrected chi connectivity index (χ3v) is 8.36. The van der Waals surface area contributed by atoms with Gasteiger partial charge in [-0.15, -0.1) is 0 Å². The Morgan fingerprint density at radius 3 is 1.30 bits per heavy atom. The number of esters is 3. The van der Waals surface area contributed by atoms with Crippen LogP contribution in [-0.2, 0) is 28.6 Å². The van der Waals surface area contributed by atoms with Gasteiger partial charge in [0.25, 0.3) is 0 Å². The summed E-state index contributed by atoms with van der Waals surface area (Å²) in [5, 5.41) is 0. The van der Waals surface area contributed by atoms with Crippen molar-refractivity contribution in [2.75, 3.05) is 13.2 Å².